The van der Waals surface area contributed by atoms with E-state index in [0.29, 0.717) is 15.7 Å². The molecule has 3 aromatic rings. The molecule has 0 aliphatic rings. The molecule has 134 valence electrons. The summed E-state index contributed by atoms with van der Waals surface area (Å²) in [7, 11) is 0. The monoisotopic (exact) mass is 388 g/mol. The van der Waals surface area contributed by atoms with Gasteiger partial charge in [-0.25, -0.2) is 0 Å². The maximum Gasteiger partial charge on any atom is 0.251 e. The number of nitrogens with zero attached hydrogens (tertiary/aromatic N) is 4. The van der Waals surface area contributed by atoms with E-state index in [1.807, 2.05) is 32.0 Å². The van der Waals surface area contributed by atoms with Gasteiger partial charge in [0.25, 0.3) is 5.91 Å². The molecular formula is C16H16N6O2S2. The number of anilines is 1. The Morgan fingerprint density at radius 2 is 2.12 bits per heavy atom. The molecule has 8 nitrogen and oxygen atoms in total. The molecule has 0 saturated heterocycles. The van der Waals surface area contributed by atoms with E-state index < -0.39 is 5.91 Å². The zero-order chi connectivity index (χ0) is 18.7. The summed E-state index contributed by atoms with van der Waals surface area (Å²) in [4.78, 5) is 23.5. The number of tetrazole rings is 1. The normalized spacial score (nSPS) is 10.7. The molecule has 0 aliphatic carbocycles. The molecular weight excluding hydrogens is 372 g/mol. The van der Waals surface area contributed by atoms with Crippen molar-refractivity contribution in [3.8, 4) is 5.69 Å². The Bertz CT molecular complexity index is 965. The Kier molecular flexibility index (Phi) is 5.33. The van der Waals surface area contributed by atoms with Crippen molar-refractivity contribution < 1.29 is 9.59 Å². The highest BCUT2D eigenvalue weighted by Gasteiger charge is 2.16. The fraction of sp³-hybridized carbons (Fsp3) is 0.188. The molecule has 3 N–H and O–H groups in total. The lowest BCUT2D eigenvalue weighted by Gasteiger charge is -2.09. The summed E-state index contributed by atoms with van der Waals surface area (Å²) < 4.78 is 1.61. The number of hydrogen-bond donors (Lipinski definition) is 2. The Balaban J connectivity index is 1.70. The van der Waals surface area contributed by atoms with Crippen LogP contribution < -0.4 is 11.1 Å². The number of aryl methyl sites for hydroxylation is 1. The van der Waals surface area contributed by atoms with Gasteiger partial charge in [0, 0.05) is 0 Å². The largest absolute Gasteiger partial charge is 0.366 e. The molecule has 0 radical (unpaired) electrons. The highest BCUT2D eigenvalue weighted by molar-refractivity contribution is 7.99. The Hall–Kier alpha value is -2.72. The van der Waals surface area contributed by atoms with Crippen molar-refractivity contribution in [2.75, 3.05) is 11.1 Å². The first-order chi connectivity index (χ1) is 12.5. The summed E-state index contributed by atoms with van der Waals surface area (Å²) in [6.45, 7) is 4.01. The van der Waals surface area contributed by atoms with Crippen LogP contribution in [0.25, 0.3) is 5.69 Å². The number of benzene rings is 1. The molecule has 10 heteroatoms. The third-order valence-electron chi connectivity index (χ3n) is 3.76. The minimum Gasteiger partial charge on any atom is -0.366 e. The molecule has 0 atom stereocenters. The minimum absolute atomic E-state index is 0.0986. The first-order valence-electron chi connectivity index (χ1n) is 7.62. The molecule has 0 saturated carbocycles. The van der Waals surface area contributed by atoms with Crippen LogP contribution >= 0.6 is 23.1 Å². The third kappa shape index (κ3) is 3.75. The number of aromatic nitrogens is 4. The van der Waals surface area contributed by atoms with Gasteiger partial charge in [-0.3, -0.25) is 9.59 Å². The highest BCUT2D eigenvalue weighted by Crippen LogP contribution is 2.25. The molecule has 2 heterocycles. The van der Waals surface area contributed by atoms with Crippen molar-refractivity contribution in [1.82, 2.24) is 20.2 Å². The lowest BCUT2D eigenvalue weighted by molar-refractivity contribution is -0.113. The Labute approximate surface area is 157 Å². The maximum absolute atomic E-state index is 12.2. The molecule has 3 rings (SSSR count). The number of rotatable bonds is 6. The van der Waals surface area contributed by atoms with Gasteiger partial charge in [0.15, 0.2) is 0 Å². The predicted octanol–water partition coefficient (Wildman–Crippen LogP) is 2.17. The number of carbonyl (C=O) groups excluding carboxylic acids is 2. The predicted molar refractivity (Wildman–Crippen MR) is 101 cm³/mol. The van der Waals surface area contributed by atoms with Gasteiger partial charge < -0.3 is 11.1 Å². The summed E-state index contributed by atoms with van der Waals surface area (Å²) in [6, 6.07) is 7.45. The minimum atomic E-state index is -0.576. The van der Waals surface area contributed by atoms with Crippen molar-refractivity contribution in [3.63, 3.8) is 0 Å². The van der Waals surface area contributed by atoms with Crippen molar-refractivity contribution in [3.05, 3.63) is 46.3 Å². The summed E-state index contributed by atoms with van der Waals surface area (Å²) in [5, 5.41) is 17.1. The Morgan fingerprint density at radius 3 is 2.88 bits per heavy atom. The number of nitrogens with two attached hydrogens (primary N) is 1. The number of carbonyl (C=O) groups is 2. The van der Waals surface area contributed by atoms with E-state index in [0.717, 1.165) is 16.8 Å². The zero-order valence-corrected chi connectivity index (χ0v) is 15.7. The Morgan fingerprint density at radius 1 is 1.31 bits per heavy atom. The number of amides is 2. The first kappa shape index (κ1) is 18.1. The summed E-state index contributed by atoms with van der Waals surface area (Å²) in [5.74, 6) is -0.745. The second-order valence-electron chi connectivity index (χ2n) is 5.46. The quantitative estimate of drug-likeness (QED) is 0.625. The smallest absolute Gasteiger partial charge is 0.251 e. The number of thiophene rings is 1. The van der Waals surface area contributed by atoms with Crippen LogP contribution in [0.5, 0.6) is 0 Å². The van der Waals surface area contributed by atoms with Crippen LogP contribution in [0.3, 0.4) is 0 Å². The molecule has 26 heavy (non-hydrogen) atoms. The number of primary amides is 1. The summed E-state index contributed by atoms with van der Waals surface area (Å²) >= 11 is 2.46. The topological polar surface area (TPSA) is 116 Å². The van der Waals surface area contributed by atoms with Crippen molar-refractivity contribution in [2.24, 2.45) is 5.73 Å². The van der Waals surface area contributed by atoms with Gasteiger partial charge in [0.1, 0.15) is 5.00 Å². The van der Waals surface area contributed by atoms with Gasteiger partial charge in [-0.05, 0) is 52.9 Å². The SMILES string of the molecule is Cc1cccc(-n2nnnc2SCC(=O)Nc2sccc2C(N)=O)c1C. The van der Waals surface area contributed by atoms with Gasteiger partial charge in [-0.2, -0.15) is 4.68 Å². The van der Waals surface area contributed by atoms with E-state index in [9.17, 15) is 9.59 Å². The summed E-state index contributed by atoms with van der Waals surface area (Å²) in [6.07, 6.45) is 0. The second-order valence-corrected chi connectivity index (χ2v) is 7.32. The van der Waals surface area contributed by atoms with Crippen LogP contribution in [0.4, 0.5) is 5.00 Å². The van der Waals surface area contributed by atoms with E-state index in [-0.39, 0.29) is 11.7 Å². The average molecular weight is 388 g/mol. The van der Waals surface area contributed by atoms with Gasteiger partial charge in [-0.15, -0.1) is 16.4 Å². The van der Waals surface area contributed by atoms with Crippen LogP contribution in [0.15, 0.2) is 34.8 Å². The lowest BCUT2D eigenvalue weighted by atomic mass is 10.1. The van der Waals surface area contributed by atoms with Crippen LogP contribution in [0, 0.1) is 13.8 Å². The van der Waals surface area contributed by atoms with E-state index in [1.165, 1.54) is 23.1 Å². The second kappa shape index (κ2) is 7.67. The molecule has 1 aromatic carbocycles. The van der Waals surface area contributed by atoms with Crippen molar-refractivity contribution in [2.45, 2.75) is 19.0 Å². The van der Waals surface area contributed by atoms with Crippen LogP contribution in [0.1, 0.15) is 21.5 Å². The van der Waals surface area contributed by atoms with E-state index in [1.54, 1.807) is 16.1 Å². The molecule has 0 bridgehead atoms. The van der Waals surface area contributed by atoms with Crippen LogP contribution in [-0.4, -0.2) is 37.8 Å². The molecule has 0 unspecified atom stereocenters. The van der Waals surface area contributed by atoms with Gasteiger partial charge in [-0.1, -0.05) is 23.9 Å². The molecule has 0 spiro atoms. The molecule has 2 aromatic heterocycles. The summed E-state index contributed by atoms with van der Waals surface area (Å²) in [5.41, 5.74) is 8.64. The standard InChI is InChI=1S/C16H16N6O2S2/c1-9-4-3-5-12(10(9)2)22-16(19-20-21-22)26-8-13(23)18-15-11(14(17)24)6-7-25-15/h3-7H,8H2,1-2H3,(H2,17,24)(H,18,23). The number of nitrogens with one attached hydrogen (secondary N) is 1. The fourth-order valence-corrected chi connectivity index (χ4v) is 3.77. The molecule has 0 aliphatic heterocycles. The van der Waals surface area contributed by atoms with E-state index in [4.69, 9.17) is 5.73 Å². The highest BCUT2D eigenvalue weighted by atomic mass is 32.2. The van der Waals surface area contributed by atoms with Gasteiger partial charge >= 0.3 is 0 Å². The zero-order valence-electron chi connectivity index (χ0n) is 14.1. The number of thioether (sulfide) groups is 1. The lowest BCUT2D eigenvalue weighted by Crippen LogP contribution is -2.18. The van der Waals surface area contributed by atoms with Gasteiger partial charge in [0.2, 0.25) is 11.1 Å². The van der Waals surface area contributed by atoms with E-state index >= 15 is 0 Å². The molecule has 0 fully saturated rings. The van der Waals surface area contributed by atoms with Gasteiger partial charge in [0.05, 0.1) is 17.0 Å². The number of hydrogen-bond acceptors (Lipinski definition) is 7. The fourth-order valence-electron chi connectivity index (χ4n) is 2.28. The van der Waals surface area contributed by atoms with Crippen LogP contribution in [-0.2, 0) is 4.79 Å². The maximum atomic E-state index is 12.2. The average Bonchev–Trinajstić information content (AvgIpc) is 3.24. The first-order valence-corrected chi connectivity index (χ1v) is 9.49. The van der Waals surface area contributed by atoms with Crippen LogP contribution in [0.2, 0.25) is 0 Å². The van der Waals surface area contributed by atoms with Crippen molar-refractivity contribution in [1.29, 1.82) is 0 Å². The van der Waals surface area contributed by atoms with Crippen molar-refractivity contribution >= 4 is 39.9 Å². The molecule has 2 amide bonds. The van der Waals surface area contributed by atoms with E-state index in [2.05, 4.69) is 20.8 Å². The third-order valence-corrected chi connectivity index (χ3v) is 5.51.